The normalized spacial score (nSPS) is 18.5. The predicted molar refractivity (Wildman–Crippen MR) is 99.0 cm³/mol. The van der Waals surface area contributed by atoms with Crippen molar-refractivity contribution in [1.82, 2.24) is 14.3 Å². The van der Waals surface area contributed by atoms with E-state index in [9.17, 15) is 0 Å². The van der Waals surface area contributed by atoms with Gasteiger partial charge in [0.25, 0.3) is 0 Å². The predicted octanol–water partition coefficient (Wildman–Crippen LogP) is 3.61. The maximum absolute atomic E-state index is 5.77. The Morgan fingerprint density at radius 2 is 1.88 bits per heavy atom. The first kappa shape index (κ1) is 15.2. The van der Waals surface area contributed by atoms with Crippen molar-refractivity contribution in [3.05, 3.63) is 54.5 Å². The summed E-state index contributed by atoms with van der Waals surface area (Å²) in [6.07, 6.45) is 7.99. The number of benzene rings is 1. The average Bonchev–Trinajstić information content (AvgIpc) is 3.18. The molecule has 0 bridgehead atoms. The molecular formula is C20H24N4. The summed E-state index contributed by atoms with van der Waals surface area (Å²) in [7, 11) is 0. The number of pyridine rings is 1. The van der Waals surface area contributed by atoms with E-state index in [2.05, 4.69) is 52.9 Å². The van der Waals surface area contributed by atoms with E-state index in [-0.39, 0.29) is 0 Å². The SMILES string of the molecule is CC1CCCN1CCc1cn2cc(-c3ccc(N)cc3)ccc2n1. The Labute approximate surface area is 142 Å². The largest absolute Gasteiger partial charge is 0.399 e. The van der Waals surface area contributed by atoms with Gasteiger partial charge < -0.3 is 15.0 Å². The third-order valence-electron chi connectivity index (χ3n) is 5.09. The maximum Gasteiger partial charge on any atom is 0.137 e. The quantitative estimate of drug-likeness (QED) is 0.747. The molecule has 3 aromatic rings. The molecule has 0 saturated carbocycles. The second kappa shape index (κ2) is 6.29. The molecule has 4 nitrogen and oxygen atoms in total. The Morgan fingerprint density at radius 3 is 2.62 bits per heavy atom. The molecular weight excluding hydrogens is 296 g/mol. The first-order valence-corrected chi connectivity index (χ1v) is 8.77. The Morgan fingerprint density at radius 1 is 1.08 bits per heavy atom. The zero-order valence-electron chi connectivity index (χ0n) is 14.2. The summed E-state index contributed by atoms with van der Waals surface area (Å²) < 4.78 is 2.13. The first-order chi connectivity index (χ1) is 11.7. The van der Waals surface area contributed by atoms with E-state index in [0.29, 0.717) is 0 Å². The lowest BCUT2D eigenvalue weighted by Gasteiger charge is -2.19. The third-order valence-corrected chi connectivity index (χ3v) is 5.09. The highest BCUT2D eigenvalue weighted by atomic mass is 15.2. The van der Waals surface area contributed by atoms with Crippen molar-refractivity contribution in [3.63, 3.8) is 0 Å². The van der Waals surface area contributed by atoms with Crippen LogP contribution in [0.4, 0.5) is 5.69 Å². The lowest BCUT2D eigenvalue weighted by Crippen LogP contribution is -2.29. The van der Waals surface area contributed by atoms with E-state index < -0.39 is 0 Å². The summed E-state index contributed by atoms with van der Waals surface area (Å²) in [6, 6.07) is 12.9. The summed E-state index contributed by atoms with van der Waals surface area (Å²) in [4.78, 5) is 7.34. The van der Waals surface area contributed by atoms with Crippen LogP contribution in [0.3, 0.4) is 0 Å². The van der Waals surface area contributed by atoms with E-state index in [4.69, 9.17) is 10.7 Å². The molecule has 1 aromatic carbocycles. The van der Waals surface area contributed by atoms with Gasteiger partial charge in [0.2, 0.25) is 0 Å². The van der Waals surface area contributed by atoms with Crippen LogP contribution in [0.1, 0.15) is 25.5 Å². The maximum atomic E-state index is 5.77. The molecule has 1 aliphatic rings. The Bertz CT molecular complexity index is 834. The van der Waals surface area contributed by atoms with Crippen LogP contribution in [-0.4, -0.2) is 33.4 Å². The van der Waals surface area contributed by atoms with Gasteiger partial charge in [-0.3, -0.25) is 0 Å². The average molecular weight is 320 g/mol. The number of hydrogen-bond acceptors (Lipinski definition) is 3. The van der Waals surface area contributed by atoms with Crippen LogP contribution in [-0.2, 0) is 6.42 Å². The van der Waals surface area contributed by atoms with Gasteiger partial charge >= 0.3 is 0 Å². The molecule has 1 saturated heterocycles. The molecule has 1 aliphatic heterocycles. The molecule has 1 atom stereocenters. The summed E-state index contributed by atoms with van der Waals surface area (Å²) in [6.45, 7) is 4.67. The van der Waals surface area contributed by atoms with Gasteiger partial charge in [-0.15, -0.1) is 0 Å². The number of anilines is 1. The molecule has 0 radical (unpaired) electrons. The molecule has 4 heteroatoms. The number of nitrogens with zero attached hydrogens (tertiary/aromatic N) is 3. The Kier molecular flexibility index (Phi) is 3.98. The third kappa shape index (κ3) is 3.02. The molecule has 1 fully saturated rings. The molecule has 3 heterocycles. The van der Waals surface area contributed by atoms with Crippen molar-refractivity contribution in [3.8, 4) is 11.1 Å². The molecule has 0 amide bonds. The summed E-state index contributed by atoms with van der Waals surface area (Å²) in [5, 5.41) is 0. The minimum absolute atomic E-state index is 0.721. The molecule has 4 rings (SSSR count). The fourth-order valence-electron chi connectivity index (χ4n) is 3.59. The van der Waals surface area contributed by atoms with Crippen LogP contribution in [0.2, 0.25) is 0 Å². The minimum Gasteiger partial charge on any atom is -0.399 e. The van der Waals surface area contributed by atoms with Gasteiger partial charge in [0.15, 0.2) is 0 Å². The number of fused-ring (bicyclic) bond motifs is 1. The number of rotatable bonds is 4. The molecule has 0 aliphatic carbocycles. The smallest absolute Gasteiger partial charge is 0.137 e. The van der Waals surface area contributed by atoms with Crippen LogP contribution >= 0.6 is 0 Å². The fraction of sp³-hybridized carbons (Fsp3) is 0.350. The van der Waals surface area contributed by atoms with Crippen LogP contribution in [0, 0.1) is 0 Å². The monoisotopic (exact) mass is 320 g/mol. The van der Waals surface area contributed by atoms with Gasteiger partial charge in [-0.2, -0.15) is 0 Å². The zero-order chi connectivity index (χ0) is 16.5. The van der Waals surface area contributed by atoms with E-state index in [0.717, 1.165) is 30.3 Å². The Balaban J connectivity index is 1.53. The fourth-order valence-corrected chi connectivity index (χ4v) is 3.59. The number of nitrogen functional groups attached to an aromatic ring is 1. The van der Waals surface area contributed by atoms with Gasteiger partial charge in [0.1, 0.15) is 5.65 Å². The number of imidazole rings is 1. The van der Waals surface area contributed by atoms with E-state index >= 15 is 0 Å². The highest BCUT2D eigenvalue weighted by Crippen LogP contribution is 2.22. The zero-order valence-corrected chi connectivity index (χ0v) is 14.2. The highest BCUT2D eigenvalue weighted by Gasteiger charge is 2.19. The second-order valence-corrected chi connectivity index (χ2v) is 6.81. The number of hydrogen-bond donors (Lipinski definition) is 1. The van der Waals surface area contributed by atoms with Crippen molar-refractivity contribution in [2.75, 3.05) is 18.8 Å². The van der Waals surface area contributed by atoms with Crippen molar-refractivity contribution in [2.45, 2.75) is 32.2 Å². The highest BCUT2D eigenvalue weighted by molar-refractivity contribution is 5.66. The summed E-state index contributed by atoms with van der Waals surface area (Å²) >= 11 is 0. The Hall–Kier alpha value is -2.33. The van der Waals surface area contributed by atoms with E-state index in [1.54, 1.807) is 0 Å². The molecule has 124 valence electrons. The van der Waals surface area contributed by atoms with E-state index in [1.807, 2.05) is 12.1 Å². The summed E-state index contributed by atoms with van der Waals surface area (Å²) in [5.41, 5.74) is 11.1. The first-order valence-electron chi connectivity index (χ1n) is 8.77. The van der Waals surface area contributed by atoms with Crippen LogP contribution in [0.15, 0.2) is 48.8 Å². The molecule has 1 unspecified atom stereocenters. The lowest BCUT2D eigenvalue weighted by atomic mass is 10.1. The van der Waals surface area contributed by atoms with Gasteiger partial charge in [0.05, 0.1) is 5.69 Å². The van der Waals surface area contributed by atoms with Gasteiger partial charge in [-0.1, -0.05) is 12.1 Å². The standard InChI is InChI=1S/C20H24N4/c1-15-3-2-11-23(15)12-10-19-14-24-13-17(6-9-20(24)22-19)16-4-7-18(21)8-5-16/h4-9,13-15H,2-3,10-12,21H2,1H3. The number of nitrogens with two attached hydrogens (primary N) is 1. The number of aromatic nitrogens is 2. The van der Waals surface area contributed by atoms with Crippen molar-refractivity contribution in [1.29, 1.82) is 0 Å². The molecule has 2 N–H and O–H groups in total. The summed E-state index contributed by atoms with van der Waals surface area (Å²) in [5.74, 6) is 0. The molecule has 24 heavy (non-hydrogen) atoms. The lowest BCUT2D eigenvalue weighted by molar-refractivity contribution is 0.271. The van der Waals surface area contributed by atoms with Crippen molar-refractivity contribution >= 4 is 11.3 Å². The van der Waals surface area contributed by atoms with Crippen LogP contribution in [0.25, 0.3) is 16.8 Å². The van der Waals surface area contributed by atoms with Crippen LogP contribution in [0.5, 0.6) is 0 Å². The minimum atomic E-state index is 0.721. The van der Waals surface area contributed by atoms with Gasteiger partial charge in [-0.25, -0.2) is 4.98 Å². The second-order valence-electron chi connectivity index (χ2n) is 6.81. The van der Waals surface area contributed by atoms with Gasteiger partial charge in [-0.05, 0) is 61.7 Å². The van der Waals surface area contributed by atoms with Crippen LogP contribution < -0.4 is 5.73 Å². The van der Waals surface area contributed by atoms with E-state index in [1.165, 1.54) is 36.2 Å². The van der Waals surface area contributed by atoms with Crippen molar-refractivity contribution < 1.29 is 0 Å². The number of likely N-dealkylation sites (tertiary alicyclic amines) is 1. The van der Waals surface area contributed by atoms with Crippen molar-refractivity contribution in [2.24, 2.45) is 0 Å². The topological polar surface area (TPSA) is 46.6 Å². The molecule has 2 aromatic heterocycles. The molecule has 0 spiro atoms. The van der Waals surface area contributed by atoms with Gasteiger partial charge in [0, 0.05) is 37.1 Å².